The lowest BCUT2D eigenvalue weighted by atomic mass is 9.99. The molecule has 0 amide bonds. The van der Waals surface area contributed by atoms with Gasteiger partial charge in [0.05, 0.1) is 25.4 Å². The highest BCUT2D eigenvalue weighted by Crippen LogP contribution is 2.20. The van der Waals surface area contributed by atoms with E-state index in [1.165, 1.54) is 0 Å². The van der Waals surface area contributed by atoms with Gasteiger partial charge in [-0.25, -0.2) is 4.79 Å². The number of carbonyl (C=O) groups is 4. The molecule has 0 saturated carbocycles. The number of hydrogen-bond acceptors (Lipinski definition) is 6. The van der Waals surface area contributed by atoms with E-state index >= 15 is 0 Å². The van der Waals surface area contributed by atoms with E-state index in [0.29, 0.717) is 13.0 Å². The summed E-state index contributed by atoms with van der Waals surface area (Å²) >= 11 is 0. The van der Waals surface area contributed by atoms with Crippen LogP contribution in [-0.4, -0.2) is 58.5 Å². The molecule has 0 aliphatic carbocycles. The summed E-state index contributed by atoms with van der Waals surface area (Å²) < 4.78 is 10.2. The average Bonchev–Trinajstić information content (AvgIpc) is 2.93. The van der Waals surface area contributed by atoms with Gasteiger partial charge in [0, 0.05) is 12.2 Å². The van der Waals surface area contributed by atoms with Crippen molar-refractivity contribution in [3.63, 3.8) is 0 Å². The van der Waals surface area contributed by atoms with Crippen molar-refractivity contribution >= 4 is 23.9 Å². The number of aliphatic carboxylic acids is 3. The Morgan fingerprint density at radius 2 is 1.52 bits per heavy atom. The number of esters is 1. The van der Waals surface area contributed by atoms with E-state index in [1.807, 2.05) is 0 Å². The van der Waals surface area contributed by atoms with Crippen molar-refractivity contribution in [1.82, 2.24) is 0 Å². The summed E-state index contributed by atoms with van der Waals surface area (Å²) in [6, 6.07) is 0. The zero-order chi connectivity index (χ0) is 17.4. The van der Waals surface area contributed by atoms with Crippen LogP contribution in [0.4, 0.5) is 0 Å². The fourth-order valence-electron chi connectivity index (χ4n) is 2.17. The third-order valence-corrected chi connectivity index (χ3v) is 3.15. The third kappa shape index (κ3) is 6.92. The van der Waals surface area contributed by atoms with Gasteiger partial charge in [0.15, 0.2) is 0 Å². The van der Waals surface area contributed by atoms with Crippen LogP contribution >= 0.6 is 0 Å². The maximum atomic E-state index is 12.1. The Labute approximate surface area is 131 Å². The molecule has 128 valence electrons. The summed E-state index contributed by atoms with van der Waals surface area (Å²) in [6.07, 6.45) is -1.06. The van der Waals surface area contributed by atoms with Crippen LogP contribution in [0.2, 0.25) is 0 Å². The first kappa shape index (κ1) is 18.6. The van der Waals surface area contributed by atoms with Crippen LogP contribution < -0.4 is 0 Å². The Kier molecular flexibility index (Phi) is 7.20. The molecule has 9 heteroatoms. The molecule has 0 spiro atoms. The van der Waals surface area contributed by atoms with Crippen LogP contribution in [0.15, 0.2) is 11.1 Å². The molecular weight excluding hydrogens is 312 g/mol. The molecule has 0 aromatic carbocycles. The largest absolute Gasteiger partial charge is 0.481 e. The Morgan fingerprint density at radius 3 is 1.96 bits per heavy atom. The number of carbonyl (C=O) groups excluding carboxylic acids is 1. The fourth-order valence-corrected chi connectivity index (χ4v) is 2.17. The zero-order valence-corrected chi connectivity index (χ0v) is 12.3. The van der Waals surface area contributed by atoms with Crippen LogP contribution in [0.1, 0.15) is 32.1 Å². The molecule has 0 bridgehead atoms. The van der Waals surface area contributed by atoms with Gasteiger partial charge in [-0.2, -0.15) is 0 Å². The molecule has 1 rings (SSSR count). The number of rotatable bonds is 9. The number of carboxylic acid groups (broad SMARTS) is 3. The van der Waals surface area contributed by atoms with E-state index < -0.39 is 48.7 Å². The maximum Gasteiger partial charge on any atom is 0.334 e. The van der Waals surface area contributed by atoms with Gasteiger partial charge in [0.2, 0.25) is 0 Å². The van der Waals surface area contributed by atoms with E-state index in [9.17, 15) is 19.2 Å². The van der Waals surface area contributed by atoms with Gasteiger partial charge in [-0.1, -0.05) is 0 Å². The summed E-state index contributed by atoms with van der Waals surface area (Å²) in [4.78, 5) is 44.6. The minimum Gasteiger partial charge on any atom is -0.481 e. The second-order valence-electron chi connectivity index (χ2n) is 5.03. The molecule has 0 aromatic rings. The van der Waals surface area contributed by atoms with Gasteiger partial charge < -0.3 is 24.8 Å². The van der Waals surface area contributed by atoms with E-state index in [1.54, 1.807) is 0 Å². The molecule has 1 fully saturated rings. The first-order chi connectivity index (χ1) is 10.8. The van der Waals surface area contributed by atoms with Gasteiger partial charge in [-0.3, -0.25) is 14.4 Å². The normalized spacial score (nSPS) is 16.6. The molecule has 0 aromatic heterocycles. The molecule has 1 aliphatic rings. The van der Waals surface area contributed by atoms with Crippen LogP contribution in [-0.2, 0) is 28.7 Å². The van der Waals surface area contributed by atoms with Gasteiger partial charge in [0.1, 0.15) is 6.61 Å². The fraction of sp³-hybridized carbons (Fsp3) is 0.571. The average molecular weight is 330 g/mol. The molecule has 1 saturated heterocycles. The lowest BCUT2D eigenvalue weighted by molar-refractivity contribution is -0.145. The molecule has 3 N–H and O–H groups in total. The molecular formula is C14H18O9. The first-order valence-electron chi connectivity index (χ1n) is 6.94. The van der Waals surface area contributed by atoms with E-state index in [-0.39, 0.29) is 18.3 Å². The van der Waals surface area contributed by atoms with Crippen molar-refractivity contribution in [3.8, 4) is 0 Å². The molecule has 9 nitrogen and oxygen atoms in total. The molecule has 0 radical (unpaired) electrons. The summed E-state index contributed by atoms with van der Waals surface area (Å²) in [5.41, 5.74) is -0.731. The summed E-state index contributed by atoms with van der Waals surface area (Å²) in [5.74, 6) is -5.14. The zero-order valence-electron chi connectivity index (χ0n) is 12.3. The van der Waals surface area contributed by atoms with Crippen molar-refractivity contribution < 1.29 is 44.0 Å². The van der Waals surface area contributed by atoms with Gasteiger partial charge in [-0.15, -0.1) is 0 Å². The highest BCUT2D eigenvalue weighted by molar-refractivity contribution is 5.96. The smallest absolute Gasteiger partial charge is 0.334 e. The SMILES string of the molecule is O=C(O)CC(CC(=O)O)=C(CC(=O)O)C(=O)OCC1CCCO1. The van der Waals surface area contributed by atoms with Crippen LogP contribution in [0.3, 0.4) is 0 Å². The van der Waals surface area contributed by atoms with Crippen LogP contribution in [0.5, 0.6) is 0 Å². The molecule has 23 heavy (non-hydrogen) atoms. The second kappa shape index (κ2) is 8.89. The quantitative estimate of drug-likeness (QED) is 0.404. The molecule has 1 atom stereocenters. The minimum absolute atomic E-state index is 0.0879. The minimum atomic E-state index is -1.39. The Bertz CT molecular complexity index is 496. The highest BCUT2D eigenvalue weighted by atomic mass is 16.6. The predicted octanol–water partition coefficient (Wildman–Crippen LogP) is 0.429. The predicted molar refractivity (Wildman–Crippen MR) is 73.7 cm³/mol. The highest BCUT2D eigenvalue weighted by Gasteiger charge is 2.25. The topological polar surface area (TPSA) is 147 Å². The first-order valence-corrected chi connectivity index (χ1v) is 6.94. The van der Waals surface area contributed by atoms with Gasteiger partial charge >= 0.3 is 23.9 Å². The van der Waals surface area contributed by atoms with Gasteiger partial charge in [0.25, 0.3) is 0 Å². The van der Waals surface area contributed by atoms with Crippen molar-refractivity contribution in [3.05, 3.63) is 11.1 Å². The second-order valence-corrected chi connectivity index (χ2v) is 5.03. The molecule has 1 unspecified atom stereocenters. The number of hydrogen-bond donors (Lipinski definition) is 3. The monoisotopic (exact) mass is 330 g/mol. The van der Waals surface area contributed by atoms with E-state index in [0.717, 1.165) is 6.42 Å². The number of carboxylic acids is 3. The number of ether oxygens (including phenoxy) is 2. The lowest BCUT2D eigenvalue weighted by Gasteiger charge is -2.14. The van der Waals surface area contributed by atoms with Crippen molar-refractivity contribution in [2.75, 3.05) is 13.2 Å². The van der Waals surface area contributed by atoms with Crippen molar-refractivity contribution in [2.45, 2.75) is 38.2 Å². The summed E-state index contributed by atoms with van der Waals surface area (Å²) in [7, 11) is 0. The van der Waals surface area contributed by atoms with Crippen molar-refractivity contribution in [2.24, 2.45) is 0 Å². The summed E-state index contributed by atoms with van der Waals surface area (Å²) in [5, 5.41) is 26.5. The Balaban J connectivity index is 2.93. The molecule has 1 aliphatic heterocycles. The van der Waals surface area contributed by atoms with E-state index in [4.69, 9.17) is 24.8 Å². The maximum absolute atomic E-state index is 12.1. The van der Waals surface area contributed by atoms with Crippen LogP contribution in [0.25, 0.3) is 0 Å². The van der Waals surface area contributed by atoms with Crippen molar-refractivity contribution in [1.29, 1.82) is 0 Å². The Hall–Kier alpha value is -2.42. The summed E-state index contributed by atoms with van der Waals surface area (Å²) in [6.45, 7) is 0.457. The molecule has 1 heterocycles. The van der Waals surface area contributed by atoms with Crippen LogP contribution in [0, 0.1) is 0 Å². The lowest BCUT2D eigenvalue weighted by Crippen LogP contribution is -2.22. The standard InChI is InChI=1S/C14H18O9/c15-11(16)4-8(5-12(17)18)10(6-13(19)20)14(21)23-7-9-2-1-3-22-9/h9H,1-7H2,(H,15,16)(H,17,18)(H,19,20). The third-order valence-electron chi connectivity index (χ3n) is 3.15. The van der Waals surface area contributed by atoms with Gasteiger partial charge in [-0.05, 0) is 18.4 Å². The Morgan fingerprint density at radius 1 is 0.957 bits per heavy atom. The van der Waals surface area contributed by atoms with E-state index in [2.05, 4.69) is 0 Å².